The molecule has 0 amide bonds. The van der Waals surface area contributed by atoms with Crippen molar-refractivity contribution in [2.75, 3.05) is 0 Å². The first-order valence-electron chi connectivity index (χ1n) is 0. The van der Waals surface area contributed by atoms with Crippen molar-refractivity contribution in [2.45, 2.75) is 0 Å². The molecule has 60 N–H and O–H groups in total. The number of hydrogen-bond donors (Lipinski definition) is 0. The molecule has 0 aromatic rings. The first-order chi connectivity index (χ1) is 0. The zero-order valence-electron chi connectivity index (χ0n) is 22.2. The van der Waals surface area contributed by atoms with Gasteiger partial charge in [-0.1, -0.05) is 0 Å². The van der Waals surface area contributed by atoms with E-state index >= 15 is 0 Å². The van der Waals surface area contributed by atoms with E-state index in [1.54, 1.807) is 0 Å². The predicted octanol–water partition coefficient (Wildman–Crippen LogP) is -24.8. The van der Waals surface area contributed by atoms with Gasteiger partial charge >= 0.3 is 0 Å². The molecule has 0 spiro atoms. The largest absolute Gasteiger partial charge is 0.412 e. The maximum Gasteiger partial charge on any atom is 0 e. The van der Waals surface area contributed by atoms with Gasteiger partial charge in [0, 0.05) is 297 Å². The minimum absolute atomic E-state index is 0. The maximum atomic E-state index is 0. The first-order valence-corrected chi connectivity index (χ1v) is 0. The fraction of sp³-hybridized carbons (Fsp3) is 0. The molecule has 0 saturated heterocycles. The van der Waals surface area contributed by atoms with E-state index in [4.69, 9.17) is 0 Å². The van der Waals surface area contributed by atoms with Gasteiger partial charge in [-0.3, -0.25) is 0 Å². The van der Waals surface area contributed by atoms with Gasteiger partial charge in [-0.05, 0) is 0 Å². The van der Waals surface area contributed by atoms with Crippen LogP contribution in [0.15, 0.2) is 0 Å². The van der Waals surface area contributed by atoms with Gasteiger partial charge in [-0.25, -0.2) is 0 Å². The Bertz CT molecular complexity index is 42.9. The Morgan fingerprint density at radius 1 is 0.0435 bits per heavy atom. The molecule has 30 nitrogen and oxygen atoms in total. The molecule has 16 radical (unpaired) electrons. The van der Waals surface area contributed by atoms with Crippen LogP contribution in [0.4, 0.5) is 0 Å². The third kappa shape index (κ3) is 2050. The van der Waals surface area contributed by atoms with Crippen LogP contribution in [-0.4, -0.2) is 164 Å². The van der Waals surface area contributed by atoms with Gasteiger partial charge in [0.2, 0.25) is 0 Å². The molecule has 0 aliphatic rings. The van der Waals surface area contributed by atoms with Crippen LogP contribution in [-0.2, 0) is 297 Å². The van der Waals surface area contributed by atoms with Crippen LogP contribution in [0.3, 0.4) is 0 Å². The van der Waals surface area contributed by atoms with Crippen molar-refractivity contribution in [1.82, 2.24) is 0 Å². The monoisotopic (exact) mass is 1360 g/mol. The standard InChI is InChI=1S/30H2O.16V/h30*1H2;;;;;;;;;;;;;;;;. The molecule has 0 saturated carbocycles. The van der Waals surface area contributed by atoms with Crippen molar-refractivity contribution in [3.8, 4) is 0 Å². The molecule has 0 fully saturated rings. The molecule has 0 aliphatic heterocycles. The summed E-state index contributed by atoms with van der Waals surface area (Å²) in [5.74, 6) is 0. The van der Waals surface area contributed by atoms with E-state index in [0.29, 0.717) is 0 Å². The van der Waals surface area contributed by atoms with E-state index in [0.717, 1.165) is 0 Å². The van der Waals surface area contributed by atoms with Gasteiger partial charge in [0.05, 0.1) is 0 Å². The Hall–Kier alpha value is 8.15. The Morgan fingerprint density at radius 2 is 0.0435 bits per heavy atom. The zero-order valence-corrected chi connectivity index (χ0v) is 44.5. The summed E-state index contributed by atoms with van der Waals surface area (Å²) in [6, 6.07) is 0. The predicted molar refractivity (Wildman–Crippen MR) is 108 cm³/mol. The Labute approximate surface area is 454 Å². The van der Waals surface area contributed by atoms with E-state index in [1.807, 2.05) is 0 Å². The van der Waals surface area contributed by atoms with E-state index in [2.05, 4.69) is 0 Å². The van der Waals surface area contributed by atoms with Crippen LogP contribution in [0.25, 0.3) is 0 Å². The van der Waals surface area contributed by atoms with E-state index in [9.17, 15) is 0 Å². The normalized spacial score (nSPS) is 0. The summed E-state index contributed by atoms with van der Waals surface area (Å²) in [6.45, 7) is 0. The van der Waals surface area contributed by atoms with Gasteiger partial charge in [0.15, 0.2) is 0 Å². The second-order valence-electron chi connectivity index (χ2n) is 0. The van der Waals surface area contributed by atoms with E-state index in [1.165, 1.54) is 0 Å². The molecule has 46 heteroatoms. The molecule has 320 valence electrons. The fourth-order valence-electron chi connectivity index (χ4n) is 0. The molecule has 0 aromatic heterocycles. The van der Waals surface area contributed by atoms with Crippen LogP contribution in [0, 0.1) is 0 Å². The first kappa shape index (κ1) is 2300. The van der Waals surface area contributed by atoms with Crippen molar-refractivity contribution < 1.29 is 461 Å². The Morgan fingerprint density at radius 3 is 0.0435 bits per heavy atom. The molecule has 0 unspecified atom stereocenters. The number of hydrogen-bond acceptors (Lipinski definition) is 0. The second-order valence-corrected chi connectivity index (χ2v) is 0. The Kier molecular flexibility index (Phi) is 109000. The van der Waals surface area contributed by atoms with Crippen LogP contribution in [0.2, 0.25) is 0 Å². The van der Waals surface area contributed by atoms with Crippen LogP contribution >= 0.6 is 0 Å². The van der Waals surface area contributed by atoms with Crippen LogP contribution in [0.5, 0.6) is 0 Å². The van der Waals surface area contributed by atoms with Gasteiger partial charge in [-0.2, -0.15) is 0 Å². The summed E-state index contributed by atoms with van der Waals surface area (Å²) < 4.78 is 0. The third-order valence-corrected chi connectivity index (χ3v) is 0. The van der Waals surface area contributed by atoms with Crippen molar-refractivity contribution in [2.24, 2.45) is 0 Å². The topological polar surface area (TPSA) is 945 Å². The third-order valence-electron chi connectivity index (χ3n) is 0. The summed E-state index contributed by atoms with van der Waals surface area (Å²) >= 11 is 0. The second kappa shape index (κ2) is 2180. The average molecular weight is 1360 g/mol. The van der Waals surface area contributed by atoms with Gasteiger partial charge in [-0.15, -0.1) is 0 Å². The number of rotatable bonds is 0. The summed E-state index contributed by atoms with van der Waals surface area (Å²) in [5.41, 5.74) is 0. The zero-order chi connectivity index (χ0) is 0. The summed E-state index contributed by atoms with van der Waals surface area (Å²) in [5, 5.41) is 0. The van der Waals surface area contributed by atoms with Gasteiger partial charge in [0.25, 0.3) is 0 Å². The molecular weight excluding hydrogens is 1300 g/mol. The molecule has 0 aromatic carbocycles. The summed E-state index contributed by atoms with van der Waals surface area (Å²) in [7, 11) is 0. The van der Waals surface area contributed by atoms with Crippen molar-refractivity contribution in [3.63, 3.8) is 0 Å². The van der Waals surface area contributed by atoms with E-state index < -0.39 is 0 Å². The van der Waals surface area contributed by atoms with E-state index in [-0.39, 0.29) is 461 Å². The average Bonchev–Trinajstić information content (AvgIpc) is 0. The van der Waals surface area contributed by atoms with Gasteiger partial charge < -0.3 is 164 Å². The summed E-state index contributed by atoms with van der Waals surface area (Å²) in [4.78, 5) is 0. The fourth-order valence-corrected chi connectivity index (χ4v) is 0. The molecule has 0 atom stereocenters. The SMILES string of the molecule is O.O.O.O.O.O.O.O.O.O.O.O.O.O.O.O.O.O.O.O.O.O.O.O.O.O.O.O.O.O.[V].[V].[V].[V].[V].[V].[V].[V].[V].[V].[V].[V].[V].[V].[V].[V]. The quantitative estimate of drug-likeness (QED) is 0.218. The molecular formula is H60O30V16. The van der Waals surface area contributed by atoms with Crippen molar-refractivity contribution >= 4 is 0 Å². The molecule has 0 rings (SSSR count). The minimum Gasteiger partial charge on any atom is -0.412 e. The molecule has 0 aliphatic carbocycles. The van der Waals surface area contributed by atoms with Crippen LogP contribution in [0.1, 0.15) is 0 Å². The van der Waals surface area contributed by atoms with Gasteiger partial charge in [0.1, 0.15) is 0 Å². The van der Waals surface area contributed by atoms with Crippen molar-refractivity contribution in [1.29, 1.82) is 0 Å². The maximum absolute atomic E-state index is 0. The summed E-state index contributed by atoms with van der Waals surface area (Å²) in [6.07, 6.45) is 0. The van der Waals surface area contributed by atoms with Crippen molar-refractivity contribution in [3.05, 3.63) is 0 Å². The molecule has 46 heavy (non-hydrogen) atoms. The molecule has 0 bridgehead atoms. The minimum atomic E-state index is 0. The Balaban J connectivity index is 0. The molecule has 0 heterocycles. The smallest absolute Gasteiger partial charge is 0 e. The van der Waals surface area contributed by atoms with Crippen LogP contribution < -0.4 is 0 Å².